The van der Waals surface area contributed by atoms with Gasteiger partial charge in [0, 0.05) is 13.1 Å². The first-order chi connectivity index (χ1) is 9.13. The Labute approximate surface area is 114 Å². The first-order valence-corrected chi connectivity index (χ1v) is 7.20. The molecule has 0 spiro atoms. The third-order valence-electron chi connectivity index (χ3n) is 3.72. The van der Waals surface area contributed by atoms with Crippen molar-refractivity contribution in [2.24, 2.45) is 5.92 Å². The molecular formula is C14H25NO4. The number of hydrogen-bond donors (Lipinski definition) is 1. The topological polar surface area (TPSA) is 66.8 Å². The van der Waals surface area contributed by atoms with Crippen LogP contribution in [0.3, 0.4) is 0 Å². The fourth-order valence-corrected chi connectivity index (χ4v) is 2.59. The zero-order valence-corrected chi connectivity index (χ0v) is 11.8. The Hall–Kier alpha value is -1.10. The third kappa shape index (κ3) is 6.57. The van der Waals surface area contributed by atoms with Crippen LogP contribution >= 0.6 is 0 Å². The van der Waals surface area contributed by atoms with E-state index in [1.54, 1.807) is 4.90 Å². The van der Waals surface area contributed by atoms with Crippen molar-refractivity contribution in [1.82, 2.24) is 4.90 Å². The molecule has 19 heavy (non-hydrogen) atoms. The number of hydrogen-bond acceptors (Lipinski definition) is 3. The second-order valence-corrected chi connectivity index (χ2v) is 5.15. The average molecular weight is 271 g/mol. The van der Waals surface area contributed by atoms with Crippen LogP contribution in [0.1, 0.15) is 45.4 Å². The molecule has 1 aliphatic carbocycles. The fourth-order valence-electron chi connectivity index (χ4n) is 2.59. The van der Waals surface area contributed by atoms with Crippen LogP contribution in [0, 0.1) is 5.92 Å². The van der Waals surface area contributed by atoms with E-state index in [0.717, 1.165) is 18.9 Å². The average Bonchev–Trinajstić information content (AvgIpc) is 2.40. The van der Waals surface area contributed by atoms with Gasteiger partial charge in [0.1, 0.15) is 13.2 Å². The van der Waals surface area contributed by atoms with Crippen molar-refractivity contribution >= 4 is 11.9 Å². The van der Waals surface area contributed by atoms with Gasteiger partial charge in [-0.2, -0.15) is 0 Å². The number of nitrogens with zero attached hydrogens (tertiary/aromatic N) is 1. The van der Waals surface area contributed by atoms with Gasteiger partial charge in [-0.15, -0.1) is 0 Å². The molecule has 0 aliphatic heterocycles. The van der Waals surface area contributed by atoms with Gasteiger partial charge in [-0.3, -0.25) is 4.79 Å². The molecule has 0 aromatic rings. The Morgan fingerprint density at radius 3 is 2.47 bits per heavy atom. The van der Waals surface area contributed by atoms with Crippen LogP contribution in [-0.4, -0.2) is 48.2 Å². The number of rotatable bonds is 8. The van der Waals surface area contributed by atoms with E-state index in [1.165, 1.54) is 32.1 Å². The van der Waals surface area contributed by atoms with Gasteiger partial charge in [-0.05, 0) is 19.3 Å². The van der Waals surface area contributed by atoms with E-state index in [4.69, 9.17) is 9.84 Å². The van der Waals surface area contributed by atoms with E-state index in [1.807, 2.05) is 6.92 Å². The maximum absolute atomic E-state index is 11.8. The molecule has 1 fully saturated rings. The molecular weight excluding hydrogens is 246 g/mol. The number of aliphatic carboxylic acids is 1. The van der Waals surface area contributed by atoms with E-state index in [2.05, 4.69) is 0 Å². The Morgan fingerprint density at radius 2 is 1.89 bits per heavy atom. The molecule has 1 saturated carbocycles. The van der Waals surface area contributed by atoms with Crippen molar-refractivity contribution in [3.8, 4) is 0 Å². The first kappa shape index (κ1) is 16.0. The minimum atomic E-state index is -1.04. The molecule has 0 aromatic heterocycles. The van der Waals surface area contributed by atoms with Crippen LogP contribution < -0.4 is 0 Å². The summed E-state index contributed by atoms with van der Waals surface area (Å²) in [5.74, 6) is -0.409. The molecule has 1 N–H and O–H groups in total. The standard InChI is InChI=1S/C14H25NO4/c1-2-15(13(16)10-19-11-14(17)18)9-8-12-6-4-3-5-7-12/h12H,2-11H2,1H3,(H,17,18). The largest absolute Gasteiger partial charge is 0.480 e. The van der Waals surface area contributed by atoms with Gasteiger partial charge in [0.25, 0.3) is 0 Å². The molecule has 0 saturated heterocycles. The van der Waals surface area contributed by atoms with Crippen LogP contribution in [0.5, 0.6) is 0 Å². The quantitative estimate of drug-likeness (QED) is 0.732. The van der Waals surface area contributed by atoms with Crippen LogP contribution in [0.15, 0.2) is 0 Å². The first-order valence-electron chi connectivity index (χ1n) is 7.20. The van der Waals surface area contributed by atoms with Crippen molar-refractivity contribution < 1.29 is 19.4 Å². The zero-order valence-electron chi connectivity index (χ0n) is 11.8. The summed E-state index contributed by atoms with van der Waals surface area (Å²) >= 11 is 0. The summed E-state index contributed by atoms with van der Waals surface area (Å²) in [7, 11) is 0. The van der Waals surface area contributed by atoms with Crippen LogP contribution in [-0.2, 0) is 14.3 Å². The number of ether oxygens (including phenoxy) is 1. The predicted molar refractivity (Wildman–Crippen MR) is 71.9 cm³/mol. The lowest BCUT2D eigenvalue weighted by Crippen LogP contribution is -2.36. The summed E-state index contributed by atoms with van der Waals surface area (Å²) in [4.78, 5) is 23.9. The Morgan fingerprint density at radius 1 is 1.21 bits per heavy atom. The molecule has 5 heteroatoms. The van der Waals surface area contributed by atoms with Crippen molar-refractivity contribution in [2.75, 3.05) is 26.3 Å². The van der Waals surface area contributed by atoms with Gasteiger partial charge in [-0.1, -0.05) is 32.1 Å². The molecule has 0 heterocycles. The Kier molecular flexibility index (Phi) is 7.48. The predicted octanol–water partition coefficient (Wildman–Crippen LogP) is 1.91. The van der Waals surface area contributed by atoms with Crippen molar-refractivity contribution in [2.45, 2.75) is 45.4 Å². The molecule has 5 nitrogen and oxygen atoms in total. The van der Waals surface area contributed by atoms with Crippen molar-refractivity contribution in [3.05, 3.63) is 0 Å². The minimum absolute atomic E-state index is 0.112. The molecule has 1 rings (SSSR count). The number of carbonyl (C=O) groups is 2. The molecule has 1 amide bonds. The zero-order chi connectivity index (χ0) is 14.1. The molecule has 0 unspecified atom stereocenters. The summed E-state index contributed by atoms with van der Waals surface area (Å²) in [6.07, 6.45) is 7.58. The smallest absolute Gasteiger partial charge is 0.329 e. The lowest BCUT2D eigenvalue weighted by molar-refractivity contribution is -0.145. The summed E-state index contributed by atoms with van der Waals surface area (Å²) in [6, 6.07) is 0. The molecule has 0 bridgehead atoms. The van der Waals surface area contributed by atoms with E-state index >= 15 is 0 Å². The van der Waals surface area contributed by atoms with Gasteiger partial charge < -0.3 is 14.7 Å². The van der Waals surface area contributed by atoms with Gasteiger partial charge in [0.2, 0.25) is 5.91 Å². The van der Waals surface area contributed by atoms with E-state index in [0.29, 0.717) is 6.54 Å². The Bertz CT molecular complexity index is 287. The maximum atomic E-state index is 11.8. The van der Waals surface area contributed by atoms with Gasteiger partial charge in [0.05, 0.1) is 0 Å². The van der Waals surface area contributed by atoms with E-state index in [-0.39, 0.29) is 12.5 Å². The van der Waals surface area contributed by atoms with Crippen LogP contribution in [0.2, 0.25) is 0 Å². The molecule has 0 aromatic carbocycles. The Balaban J connectivity index is 2.22. The second kappa shape index (κ2) is 8.91. The normalized spacial score (nSPS) is 16.3. The highest BCUT2D eigenvalue weighted by atomic mass is 16.5. The van der Waals surface area contributed by atoms with E-state index < -0.39 is 12.6 Å². The summed E-state index contributed by atoms with van der Waals surface area (Å²) in [5, 5.41) is 8.45. The lowest BCUT2D eigenvalue weighted by Gasteiger charge is -2.26. The van der Waals surface area contributed by atoms with Gasteiger partial charge in [0.15, 0.2) is 0 Å². The molecule has 1 aliphatic rings. The number of carboxylic acid groups (broad SMARTS) is 1. The summed E-state index contributed by atoms with van der Waals surface area (Å²) < 4.78 is 4.84. The fraction of sp³-hybridized carbons (Fsp3) is 0.857. The maximum Gasteiger partial charge on any atom is 0.329 e. The van der Waals surface area contributed by atoms with E-state index in [9.17, 15) is 9.59 Å². The molecule has 0 radical (unpaired) electrons. The molecule has 110 valence electrons. The highest BCUT2D eigenvalue weighted by molar-refractivity contribution is 5.77. The lowest BCUT2D eigenvalue weighted by atomic mass is 9.87. The van der Waals surface area contributed by atoms with Gasteiger partial charge >= 0.3 is 5.97 Å². The number of amides is 1. The number of carbonyl (C=O) groups excluding carboxylic acids is 1. The number of likely N-dealkylation sites (N-methyl/N-ethyl adjacent to an activating group) is 1. The van der Waals surface area contributed by atoms with Crippen LogP contribution in [0.25, 0.3) is 0 Å². The summed E-state index contributed by atoms with van der Waals surface area (Å²) in [6.45, 7) is 2.81. The van der Waals surface area contributed by atoms with Crippen LogP contribution in [0.4, 0.5) is 0 Å². The highest BCUT2D eigenvalue weighted by Gasteiger charge is 2.17. The monoisotopic (exact) mass is 271 g/mol. The number of carboxylic acids is 1. The molecule has 0 atom stereocenters. The summed E-state index contributed by atoms with van der Waals surface area (Å²) in [5.41, 5.74) is 0. The van der Waals surface area contributed by atoms with Gasteiger partial charge in [-0.25, -0.2) is 4.79 Å². The minimum Gasteiger partial charge on any atom is -0.480 e. The third-order valence-corrected chi connectivity index (χ3v) is 3.72. The highest BCUT2D eigenvalue weighted by Crippen LogP contribution is 2.26. The van der Waals surface area contributed by atoms with Crippen molar-refractivity contribution in [3.63, 3.8) is 0 Å². The SMILES string of the molecule is CCN(CCC1CCCCC1)C(=O)COCC(=O)O. The second-order valence-electron chi connectivity index (χ2n) is 5.15. The van der Waals surface area contributed by atoms with Crippen molar-refractivity contribution in [1.29, 1.82) is 0 Å².